The Labute approximate surface area is 129 Å². The van der Waals surface area contributed by atoms with Crippen LogP contribution in [0.25, 0.3) is 11.3 Å². The van der Waals surface area contributed by atoms with E-state index in [0.29, 0.717) is 18.1 Å². The molecule has 0 amide bonds. The SMILES string of the molecule is Cc1cc(F)ccc1-c1ccc(CNC(C)(C)CC(=O)O)o1. The number of carboxylic acid groups (broad SMARTS) is 1. The highest BCUT2D eigenvalue weighted by atomic mass is 19.1. The lowest BCUT2D eigenvalue weighted by Crippen LogP contribution is -2.40. The lowest BCUT2D eigenvalue weighted by Gasteiger charge is -2.23. The maximum Gasteiger partial charge on any atom is 0.305 e. The zero-order chi connectivity index (χ0) is 16.3. The first-order chi connectivity index (χ1) is 10.3. The number of halogens is 1. The quantitative estimate of drug-likeness (QED) is 0.853. The number of rotatable bonds is 6. The van der Waals surface area contributed by atoms with Crippen LogP contribution < -0.4 is 5.32 Å². The van der Waals surface area contributed by atoms with Gasteiger partial charge in [0.2, 0.25) is 0 Å². The van der Waals surface area contributed by atoms with E-state index in [-0.39, 0.29) is 12.2 Å². The van der Waals surface area contributed by atoms with E-state index in [9.17, 15) is 9.18 Å². The fourth-order valence-corrected chi connectivity index (χ4v) is 2.29. The molecule has 1 aromatic heterocycles. The Balaban J connectivity index is 2.07. The van der Waals surface area contributed by atoms with Crippen molar-refractivity contribution in [2.45, 2.75) is 39.3 Å². The Morgan fingerprint density at radius 1 is 1.32 bits per heavy atom. The Hall–Kier alpha value is -2.14. The van der Waals surface area contributed by atoms with E-state index in [1.807, 2.05) is 32.9 Å². The van der Waals surface area contributed by atoms with Crippen LogP contribution in [0, 0.1) is 12.7 Å². The van der Waals surface area contributed by atoms with Crippen molar-refractivity contribution in [2.24, 2.45) is 0 Å². The zero-order valence-electron chi connectivity index (χ0n) is 12.9. The minimum atomic E-state index is -0.848. The van der Waals surface area contributed by atoms with Crippen molar-refractivity contribution in [3.63, 3.8) is 0 Å². The van der Waals surface area contributed by atoms with E-state index in [1.54, 1.807) is 6.07 Å². The molecule has 0 aliphatic rings. The van der Waals surface area contributed by atoms with Gasteiger partial charge in [-0.25, -0.2) is 4.39 Å². The third kappa shape index (κ3) is 4.18. The number of hydrogen-bond acceptors (Lipinski definition) is 3. The van der Waals surface area contributed by atoms with Gasteiger partial charge in [0.25, 0.3) is 0 Å². The van der Waals surface area contributed by atoms with E-state index >= 15 is 0 Å². The van der Waals surface area contributed by atoms with Crippen LogP contribution in [0.5, 0.6) is 0 Å². The number of hydrogen-bond donors (Lipinski definition) is 2. The van der Waals surface area contributed by atoms with Crippen LogP contribution in [-0.2, 0) is 11.3 Å². The molecule has 0 spiro atoms. The highest BCUT2D eigenvalue weighted by Gasteiger charge is 2.21. The predicted octanol–water partition coefficient (Wildman–Crippen LogP) is 3.74. The third-order valence-corrected chi connectivity index (χ3v) is 3.45. The van der Waals surface area contributed by atoms with Crippen LogP contribution in [0.1, 0.15) is 31.6 Å². The lowest BCUT2D eigenvalue weighted by atomic mass is 10.0. The standard InChI is InChI=1S/C17H20FNO3/c1-11-8-12(18)4-6-14(11)15-7-5-13(22-15)10-19-17(2,3)9-16(20)21/h4-8,19H,9-10H2,1-3H3,(H,20,21). The summed E-state index contributed by atoms with van der Waals surface area (Å²) >= 11 is 0. The number of nitrogens with one attached hydrogen (secondary N) is 1. The van der Waals surface area contributed by atoms with E-state index in [1.165, 1.54) is 12.1 Å². The zero-order valence-corrected chi connectivity index (χ0v) is 12.9. The van der Waals surface area contributed by atoms with Gasteiger partial charge in [-0.2, -0.15) is 0 Å². The number of aryl methyl sites for hydroxylation is 1. The summed E-state index contributed by atoms with van der Waals surface area (Å²) in [5, 5.41) is 12.0. The molecule has 1 aromatic carbocycles. The van der Waals surface area contributed by atoms with Crippen LogP contribution in [0.2, 0.25) is 0 Å². The molecular formula is C17H20FNO3. The molecule has 0 aliphatic heterocycles. The number of carboxylic acids is 1. The van der Waals surface area contributed by atoms with Crippen LogP contribution in [-0.4, -0.2) is 16.6 Å². The molecule has 0 bridgehead atoms. The summed E-state index contributed by atoms with van der Waals surface area (Å²) < 4.78 is 18.9. The molecule has 118 valence electrons. The Morgan fingerprint density at radius 3 is 2.68 bits per heavy atom. The minimum absolute atomic E-state index is 0.0254. The van der Waals surface area contributed by atoms with Crippen LogP contribution in [0.3, 0.4) is 0 Å². The van der Waals surface area contributed by atoms with Crippen molar-refractivity contribution in [2.75, 3.05) is 0 Å². The van der Waals surface area contributed by atoms with Crippen LogP contribution in [0.4, 0.5) is 4.39 Å². The van der Waals surface area contributed by atoms with E-state index in [2.05, 4.69) is 5.32 Å². The first kappa shape index (κ1) is 16.2. The maximum atomic E-state index is 13.1. The molecular weight excluding hydrogens is 285 g/mol. The van der Waals surface area contributed by atoms with Crippen molar-refractivity contribution in [1.82, 2.24) is 5.32 Å². The normalized spacial score (nSPS) is 11.6. The molecule has 2 rings (SSSR count). The molecule has 0 fully saturated rings. The molecule has 2 aromatic rings. The van der Waals surface area contributed by atoms with Gasteiger partial charge >= 0.3 is 5.97 Å². The number of aliphatic carboxylic acids is 1. The summed E-state index contributed by atoms with van der Waals surface area (Å²) in [5.74, 6) is 0.257. The monoisotopic (exact) mass is 305 g/mol. The van der Waals surface area contributed by atoms with E-state index in [0.717, 1.165) is 11.1 Å². The Morgan fingerprint density at radius 2 is 2.05 bits per heavy atom. The first-order valence-electron chi connectivity index (χ1n) is 7.09. The van der Waals surface area contributed by atoms with Crippen molar-refractivity contribution < 1.29 is 18.7 Å². The van der Waals surface area contributed by atoms with Crippen LogP contribution in [0.15, 0.2) is 34.7 Å². The smallest absolute Gasteiger partial charge is 0.305 e. The largest absolute Gasteiger partial charge is 0.481 e. The Kier molecular flexibility index (Phi) is 4.66. The molecule has 4 nitrogen and oxygen atoms in total. The van der Waals surface area contributed by atoms with Gasteiger partial charge < -0.3 is 14.8 Å². The van der Waals surface area contributed by atoms with Gasteiger partial charge in [0, 0.05) is 11.1 Å². The molecule has 0 radical (unpaired) electrons. The van der Waals surface area contributed by atoms with Crippen molar-refractivity contribution >= 4 is 5.97 Å². The molecule has 2 N–H and O–H groups in total. The molecule has 22 heavy (non-hydrogen) atoms. The molecule has 5 heteroatoms. The van der Waals surface area contributed by atoms with Gasteiger partial charge in [-0.15, -0.1) is 0 Å². The minimum Gasteiger partial charge on any atom is -0.481 e. The van der Waals surface area contributed by atoms with Gasteiger partial charge in [-0.05, 0) is 56.7 Å². The number of furan rings is 1. The summed E-state index contributed by atoms with van der Waals surface area (Å²) in [4.78, 5) is 10.8. The maximum absolute atomic E-state index is 13.1. The molecule has 0 atom stereocenters. The Bertz CT molecular complexity index is 676. The predicted molar refractivity (Wildman–Crippen MR) is 82.0 cm³/mol. The topological polar surface area (TPSA) is 62.5 Å². The summed E-state index contributed by atoms with van der Waals surface area (Å²) in [7, 11) is 0. The third-order valence-electron chi connectivity index (χ3n) is 3.45. The second-order valence-electron chi connectivity index (χ2n) is 6.03. The van der Waals surface area contributed by atoms with E-state index < -0.39 is 11.5 Å². The fraction of sp³-hybridized carbons (Fsp3) is 0.353. The molecule has 0 saturated heterocycles. The lowest BCUT2D eigenvalue weighted by molar-refractivity contribution is -0.138. The second-order valence-corrected chi connectivity index (χ2v) is 6.03. The van der Waals surface area contributed by atoms with Gasteiger partial charge in [0.15, 0.2) is 0 Å². The van der Waals surface area contributed by atoms with Crippen molar-refractivity contribution in [3.05, 3.63) is 47.5 Å². The molecule has 1 heterocycles. The average molecular weight is 305 g/mol. The first-order valence-corrected chi connectivity index (χ1v) is 7.09. The summed E-state index contributed by atoms with van der Waals surface area (Å²) in [5.41, 5.74) is 1.13. The van der Waals surface area contributed by atoms with Gasteiger partial charge in [-0.1, -0.05) is 0 Å². The molecule has 0 saturated carbocycles. The van der Waals surface area contributed by atoms with Crippen molar-refractivity contribution in [1.29, 1.82) is 0 Å². The molecule has 0 aliphatic carbocycles. The highest BCUT2D eigenvalue weighted by Crippen LogP contribution is 2.26. The fourth-order valence-electron chi connectivity index (χ4n) is 2.29. The summed E-state index contributed by atoms with van der Waals surface area (Å²) in [6.07, 6.45) is 0.0254. The van der Waals surface area contributed by atoms with Gasteiger partial charge in [0.05, 0.1) is 13.0 Å². The number of carbonyl (C=O) groups is 1. The number of benzene rings is 1. The average Bonchev–Trinajstić information content (AvgIpc) is 2.83. The van der Waals surface area contributed by atoms with E-state index in [4.69, 9.17) is 9.52 Å². The van der Waals surface area contributed by atoms with Crippen LogP contribution >= 0.6 is 0 Å². The second kappa shape index (κ2) is 6.32. The van der Waals surface area contributed by atoms with Gasteiger partial charge in [0.1, 0.15) is 17.3 Å². The summed E-state index contributed by atoms with van der Waals surface area (Å²) in [6, 6.07) is 8.23. The van der Waals surface area contributed by atoms with Gasteiger partial charge in [-0.3, -0.25) is 4.79 Å². The highest BCUT2D eigenvalue weighted by molar-refractivity contribution is 5.68. The molecule has 0 unspecified atom stereocenters. The summed E-state index contributed by atoms with van der Waals surface area (Å²) in [6.45, 7) is 5.92. The van der Waals surface area contributed by atoms with Crippen molar-refractivity contribution in [3.8, 4) is 11.3 Å².